The van der Waals surface area contributed by atoms with Crippen LogP contribution in [0.15, 0.2) is 24.3 Å². The molecule has 0 amide bonds. The quantitative estimate of drug-likeness (QED) is 0.787. The lowest BCUT2D eigenvalue weighted by Gasteiger charge is -2.21. The molecular weight excluding hydrogens is 208 g/mol. The lowest BCUT2D eigenvalue weighted by atomic mass is 9.96. The number of ether oxygens (including phenoxy) is 2. The second kappa shape index (κ2) is 4.99. The number of benzene rings is 1. The third-order valence-corrected chi connectivity index (χ3v) is 2.30. The fourth-order valence-corrected chi connectivity index (χ4v) is 1.32. The second-order valence-electron chi connectivity index (χ2n) is 3.52. The van der Waals surface area contributed by atoms with Crippen LogP contribution in [0.2, 0.25) is 0 Å². The first kappa shape index (κ1) is 12.5. The highest BCUT2D eigenvalue weighted by atomic mass is 16.5. The van der Waals surface area contributed by atoms with Gasteiger partial charge in [0.2, 0.25) is 0 Å². The fraction of sp³-hybridized carbons (Fsp3) is 0.417. The van der Waals surface area contributed by atoms with Gasteiger partial charge in [-0.05, 0) is 31.5 Å². The zero-order valence-corrected chi connectivity index (χ0v) is 9.69. The van der Waals surface area contributed by atoms with E-state index in [4.69, 9.17) is 9.47 Å². The number of rotatable bonds is 4. The number of esters is 1. The summed E-state index contributed by atoms with van der Waals surface area (Å²) in [5.74, 6) is -0.0784. The van der Waals surface area contributed by atoms with Gasteiger partial charge >= 0.3 is 5.97 Å². The van der Waals surface area contributed by atoms with Gasteiger partial charge in [-0.2, -0.15) is 0 Å². The minimum absolute atomic E-state index is 0.235. The van der Waals surface area contributed by atoms with Crippen LogP contribution in [0.4, 0.5) is 0 Å². The molecule has 1 rings (SSSR count). The molecule has 4 heteroatoms. The molecule has 4 nitrogen and oxygen atoms in total. The molecule has 1 unspecified atom stereocenters. The molecule has 16 heavy (non-hydrogen) atoms. The number of hydrogen-bond donors (Lipinski definition) is 1. The van der Waals surface area contributed by atoms with E-state index in [-0.39, 0.29) is 6.61 Å². The number of methoxy groups -OCH3 is 1. The third-order valence-electron chi connectivity index (χ3n) is 2.30. The van der Waals surface area contributed by atoms with Crippen molar-refractivity contribution in [1.82, 2.24) is 0 Å². The lowest BCUT2D eigenvalue weighted by Crippen LogP contribution is -2.34. The first-order valence-electron chi connectivity index (χ1n) is 5.06. The summed E-state index contributed by atoms with van der Waals surface area (Å²) in [5.41, 5.74) is -1.20. The van der Waals surface area contributed by atoms with E-state index in [0.717, 1.165) is 0 Å². The lowest BCUT2D eigenvalue weighted by molar-refractivity contribution is -0.164. The van der Waals surface area contributed by atoms with Crippen LogP contribution >= 0.6 is 0 Å². The highest BCUT2D eigenvalue weighted by Gasteiger charge is 2.34. The number of carbonyl (C=O) groups is 1. The van der Waals surface area contributed by atoms with Crippen molar-refractivity contribution in [2.45, 2.75) is 19.4 Å². The summed E-state index contributed by atoms with van der Waals surface area (Å²) in [7, 11) is 1.53. The summed E-state index contributed by atoms with van der Waals surface area (Å²) in [6.07, 6.45) is 0. The molecule has 0 aromatic heterocycles. The van der Waals surface area contributed by atoms with Gasteiger partial charge in [0.1, 0.15) is 5.75 Å². The largest absolute Gasteiger partial charge is 0.497 e. The summed E-state index contributed by atoms with van der Waals surface area (Å²) in [4.78, 5) is 11.6. The number of aliphatic hydroxyl groups is 1. The van der Waals surface area contributed by atoms with Crippen molar-refractivity contribution in [1.29, 1.82) is 0 Å². The summed E-state index contributed by atoms with van der Waals surface area (Å²) in [5, 5.41) is 10.1. The Morgan fingerprint density at radius 2 is 2.19 bits per heavy atom. The van der Waals surface area contributed by atoms with E-state index < -0.39 is 11.6 Å². The molecule has 0 saturated heterocycles. The zero-order chi connectivity index (χ0) is 12.2. The van der Waals surface area contributed by atoms with Crippen molar-refractivity contribution in [3.63, 3.8) is 0 Å². The fourth-order valence-electron chi connectivity index (χ4n) is 1.32. The van der Waals surface area contributed by atoms with Crippen LogP contribution in [0, 0.1) is 0 Å². The third kappa shape index (κ3) is 2.52. The minimum atomic E-state index is -1.65. The molecule has 0 heterocycles. The predicted octanol–water partition coefficient (Wildman–Crippen LogP) is 1.47. The van der Waals surface area contributed by atoms with Crippen LogP contribution < -0.4 is 4.74 Å². The van der Waals surface area contributed by atoms with Gasteiger partial charge in [0.15, 0.2) is 5.60 Å². The van der Waals surface area contributed by atoms with Gasteiger partial charge in [-0.25, -0.2) is 4.79 Å². The van der Waals surface area contributed by atoms with E-state index in [2.05, 4.69) is 0 Å². The molecule has 88 valence electrons. The predicted molar refractivity (Wildman–Crippen MR) is 59.2 cm³/mol. The Morgan fingerprint density at radius 1 is 1.50 bits per heavy atom. The van der Waals surface area contributed by atoms with Gasteiger partial charge in [0.25, 0.3) is 0 Å². The van der Waals surface area contributed by atoms with E-state index in [1.165, 1.54) is 14.0 Å². The van der Waals surface area contributed by atoms with Gasteiger partial charge < -0.3 is 14.6 Å². The van der Waals surface area contributed by atoms with Gasteiger partial charge in [0, 0.05) is 0 Å². The van der Waals surface area contributed by atoms with Gasteiger partial charge in [-0.3, -0.25) is 0 Å². The van der Waals surface area contributed by atoms with Gasteiger partial charge in [0.05, 0.1) is 13.7 Å². The molecule has 0 aliphatic heterocycles. The first-order valence-corrected chi connectivity index (χ1v) is 5.06. The molecule has 1 aromatic carbocycles. The van der Waals surface area contributed by atoms with E-state index in [1.807, 2.05) is 0 Å². The molecule has 0 radical (unpaired) electrons. The summed E-state index contributed by atoms with van der Waals surface area (Å²) in [6, 6.07) is 6.71. The van der Waals surface area contributed by atoms with Crippen LogP contribution in [0.3, 0.4) is 0 Å². The van der Waals surface area contributed by atoms with Gasteiger partial charge in [-0.1, -0.05) is 12.1 Å². The molecule has 1 N–H and O–H groups in total. The van der Waals surface area contributed by atoms with Crippen molar-refractivity contribution in [2.75, 3.05) is 13.7 Å². The Hall–Kier alpha value is -1.55. The average Bonchev–Trinajstić information content (AvgIpc) is 2.29. The van der Waals surface area contributed by atoms with Crippen molar-refractivity contribution in [2.24, 2.45) is 0 Å². The zero-order valence-electron chi connectivity index (χ0n) is 9.69. The average molecular weight is 224 g/mol. The molecule has 0 bridgehead atoms. The number of hydrogen-bond acceptors (Lipinski definition) is 4. The molecule has 1 aromatic rings. The van der Waals surface area contributed by atoms with Crippen LogP contribution in [-0.2, 0) is 15.1 Å². The monoisotopic (exact) mass is 224 g/mol. The van der Waals surface area contributed by atoms with Gasteiger partial charge in [-0.15, -0.1) is 0 Å². The van der Waals surface area contributed by atoms with Crippen molar-refractivity contribution < 1.29 is 19.4 Å². The summed E-state index contributed by atoms with van der Waals surface area (Å²) in [6.45, 7) is 3.33. The van der Waals surface area contributed by atoms with Crippen LogP contribution in [0.25, 0.3) is 0 Å². The first-order chi connectivity index (χ1) is 7.52. The molecule has 0 aliphatic carbocycles. The van der Waals surface area contributed by atoms with E-state index in [0.29, 0.717) is 11.3 Å². The molecule has 0 aliphatic rings. The molecule has 0 fully saturated rings. The normalized spacial score (nSPS) is 14.0. The Bertz CT molecular complexity index is 371. The highest BCUT2D eigenvalue weighted by Crippen LogP contribution is 2.25. The Morgan fingerprint density at radius 3 is 2.75 bits per heavy atom. The maximum absolute atomic E-state index is 11.6. The smallest absolute Gasteiger partial charge is 0.342 e. The Kier molecular flexibility index (Phi) is 3.90. The summed E-state index contributed by atoms with van der Waals surface area (Å²) < 4.78 is 9.83. The van der Waals surface area contributed by atoms with Crippen molar-refractivity contribution >= 4 is 5.97 Å². The van der Waals surface area contributed by atoms with E-state index >= 15 is 0 Å². The van der Waals surface area contributed by atoms with Crippen LogP contribution in [-0.4, -0.2) is 24.8 Å². The second-order valence-corrected chi connectivity index (χ2v) is 3.52. The topological polar surface area (TPSA) is 55.8 Å². The Balaban J connectivity index is 3.01. The standard InChI is InChI=1S/C12H16O4/c1-4-16-11(13)12(2,14)9-6-5-7-10(8-9)15-3/h5-8,14H,4H2,1-3H3. The summed E-state index contributed by atoms with van der Waals surface area (Å²) >= 11 is 0. The maximum Gasteiger partial charge on any atom is 0.342 e. The van der Waals surface area contributed by atoms with Crippen molar-refractivity contribution in [3.05, 3.63) is 29.8 Å². The van der Waals surface area contributed by atoms with Crippen LogP contribution in [0.1, 0.15) is 19.4 Å². The Labute approximate surface area is 94.8 Å². The molecule has 0 spiro atoms. The maximum atomic E-state index is 11.6. The minimum Gasteiger partial charge on any atom is -0.497 e. The highest BCUT2D eigenvalue weighted by molar-refractivity contribution is 5.80. The van der Waals surface area contributed by atoms with E-state index in [9.17, 15) is 9.90 Å². The van der Waals surface area contributed by atoms with Crippen LogP contribution in [0.5, 0.6) is 5.75 Å². The molecular formula is C12H16O4. The number of carbonyl (C=O) groups excluding carboxylic acids is 1. The van der Waals surface area contributed by atoms with E-state index in [1.54, 1.807) is 31.2 Å². The molecule has 1 atom stereocenters. The van der Waals surface area contributed by atoms with Crippen molar-refractivity contribution in [3.8, 4) is 5.75 Å². The SMILES string of the molecule is CCOC(=O)C(C)(O)c1cccc(OC)c1. The molecule has 0 saturated carbocycles.